The number of hydrogen-bond acceptors (Lipinski definition) is 5. The fourth-order valence-electron chi connectivity index (χ4n) is 2.56. The molecule has 2 rings (SSSR count). The molecular weight excluding hydrogens is 418 g/mol. The molecule has 144 valence electrons. The van der Waals surface area contributed by atoms with Crippen LogP contribution in [0.15, 0.2) is 15.3 Å². The van der Waals surface area contributed by atoms with Crippen LogP contribution in [0.4, 0.5) is 0 Å². The van der Waals surface area contributed by atoms with Gasteiger partial charge in [-0.15, -0.1) is 0 Å². The summed E-state index contributed by atoms with van der Waals surface area (Å²) in [7, 11) is 0. The number of carbonyl (C=O) groups excluding carboxylic acids is 1. The van der Waals surface area contributed by atoms with Crippen molar-refractivity contribution in [3.63, 3.8) is 0 Å². The maximum Gasteiger partial charge on any atom is 0.311 e. The SMILES string of the molecule is Cc1cc2[nH]c(=O)sc2c(Br)c1C(COC(=O)C(C)(C)C)OC(C)(C)C. The molecule has 0 aliphatic heterocycles. The highest BCUT2D eigenvalue weighted by Gasteiger charge is 2.29. The molecule has 1 aromatic heterocycles. The van der Waals surface area contributed by atoms with Gasteiger partial charge in [-0.25, -0.2) is 0 Å². The molecule has 1 aromatic carbocycles. The predicted octanol–water partition coefficient (Wildman–Crippen LogP) is 5.11. The third-order valence-corrected chi connectivity index (χ3v) is 5.70. The number of benzene rings is 1. The normalized spacial score (nSPS) is 13.8. The number of ether oxygens (including phenoxy) is 2. The van der Waals surface area contributed by atoms with Crippen molar-refractivity contribution in [3.8, 4) is 0 Å². The Morgan fingerprint density at radius 3 is 2.42 bits per heavy atom. The molecule has 0 aliphatic rings. The van der Waals surface area contributed by atoms with Crippen LogP contribution in [0.25, 0.3) is 10.2 Å². The number of H-pyrrole nitrogens is 1. The van der Waals surface area contributed by atoms with Crippen LogP contribution in [0.2, 0.25) is 0 Å². The first-order valence-electron chi connectivity index (χ1n) is 8.46. The number of aromatic amines is 1. The predicted molar refractivity (Wildman–Crippen MR) is 109 cm³/mol. The molecule has 1 heterocycles. The van der Waals surface area contributed by atoms with E-state index in [0.29, 0.717) is 0 Å². The van der Waals surface area contributed by atoms with Crippen molar-refractivity contribution >= 4 is 43.5 Å². The van der Waals surface area contributed by atoms with Crippen LogP contribution in [0.5, 0.6) is 0 Å². The van der Waals surface area contributed by atoms with Crippen molar-refractivity contribution in [3.05, 3.63) is 31.3 Å². The Kier molecular flexibility index (Phi) is 6.05. The molecule has 1 atom stereocenters. The molecule has 0 aliphatic carbocycles. The van der Waals surface area contributed by atoms with E-state index in [1.165, 1.54) is 0 Å². The lowest BCUT2D eigenvalue weighted by Gasteiger charge is -2.30. The lowest BCUT2D eigenvalue weighted by Crippen LogP contribution is -2.29. The van der Waals surface area contributed by atoms with E-state index < -0.39 is 17.1 Å². The van der Waals surface area contributed by atoms with Crippen molar-refractivity contribution in [1.82, 2.24) is 4.98 Å². The van der Waals surface area contributed by atoms with Crippen LogP contribution in [-0.4, -0.2) is 23.2 Å². The van der Waals surface area contributed by atoms with E-state index in [9.17, 15) is 9.59 Å². The molecule has 0 bridgehead atoms. The standard InChI is InChI=1S/C19H26BrNO4S/c1-10-8-11-15(26-17(23)21-11)14(20)13(10)12(25-19(5,6)7)9-24-16(22)18(2,3)4/h8,12H,9H2,1-7H3,(H,21,23). The van der Waals surface area contributed by atoms with Crippen LogP contribution in [0, 0.1) is 12.3 Å². The average molecular weight is 444 g/mol. The molecule has 0 radical (unpaired) electrons. The highest BCUT2D eigenvalue weighted by atomic mass is 79.9. The topological polar surface area (TPSA) is 68.4 Å². The molecule has 1 unspecified atom stereocenters. The molecule has 1 N–H and O–H groups in total. The van der Waals surface area contributed by atoms with Gasteiger partial charge in [0.1, 0.15) is 12.7 Å². The summed E-state index contributed by atoms with van der Waals surface area (Å²) in [6.45, 7) is 13.4. The maximum atomic E-state index is 12.2. The second-order valence-electron chi connectivity index (χ2n) is 8.38. The fraction of sp³-hybridized carbons (Fsp3) is 0.579. The Morgan fingerprint density at radius 1 is 1.27 bits per heavy atom. The van der Waals surface area contributed by atoms with Crippen molar-refractivity contribution in [2.24, 2.45) is 5.41 Å². The summed E-state index contributed by atoms with van der Waals surface area (Å²) >= 11 is 4.78. The van der Waals surface area contributed by atoms with E-state index in [2.05, 4.69) is 20.9 Å². The molecule has 26 heavy (non-hydrogen) atoms. The van der Waals surface area contributed by atoms with Gasteiger partial charge < -0.3 is 14.5 Å². The summed E-state index contributed by atoms with van der Waals surface area (Å²) < 4.78 is 13.4. The van der Waals surface area contributed by atoms with Crippen LogP contribution in [-0.2, 0) is 14.3 Å². The quantitative estimate of drug-likeness (QED) is 0.666. The van der Waals surface area contributed by atoms with Gasteiger partial charge in [-0.2, -0.15) is 0 Å². The number of halogens is 1. The molecule has 0 amide bonds. The molecule has 0 spiro atoms. The van der Waals surface area contributed by atoms with Gasteiger partial charge in [-0.3, -0.25) is 9.59 Å². The van der Waals surface area contributed by atoms with Crippen molar-refractivity contribution in [2.45, 2.75) is 60.2 Å². The van der Waals surface area contributed by atoms with Crippen LogP contribution in [0.1, 0.15) is 58.8 Å². The molecule has 0 saturated heterocycles. The van der Waals surface area contributed by atoms with E-state index in [4.69, 9.17) is 9.47 Å². The number of fused-ring (bicyclic) bond motifs is 1. The number of esters is 1. The van der Waals surface area contributed by atoms with E-state index >= 15 is 0 Å². The highest BCUT2D eigenvalue weighted by Crippen LogP contribution is 2.38. The number of aryl methyl sites for hydroxylation is 1. The van der Waals surface area contributed by atoms with E-state index in [0.717, 1.165) is 37.2 Å². The van der Waals surface area contributed by atoms with Gasteiger partial charge in [0.05, 0.1) is 21.2 Å². The van der Waals surface area contributed by atoms with Crippen LogP contribution < -0.4 is 4.87 Å². The number of carbonyl (C=O) groups is 1. The lowest BCUT2D eigenvalue weighted by molar-refractivity contribution is -0.162. The van der Waals surface area contributed by atoms with Gasteiger partial charge in [-0.1, -0.05) is 11.3 Å². The summed E-state index contributed by atoms with van der Waals surface area (Å²) in [6, 6.07) is 1.93. The summed E-state index contributed by atoms with van der Waals surface area (Å²) in [5.74, 6) is -0.277. The first-order chi connectivity index (χ1) is 11.8. The van der Waals surface area contributed by atoms with Crippen LogP contribution >= 0.6 is 27.3 Å². The third-order valence-electron chi connectivity index (χ3n) is 3.69. The Hall–Kier alpha value is -1.18. The zero-order valence-electron chi connectivity index (χ0n) is 16.3. The van der Waals surface area contributed by atoms with E-state index in [1.54, 1.807) is 0 Å². The fourth-order valence-corrected chi connectivity index (χ4v) is 4.35. The van der Waals surface area contributed by atoms with Gasteiger partial charge in [0.15, 0.2) is 0 Å². The van der Waals surface area contributed by atoms with E-state index in [1.807, 2.05) is 54.5 Å². The first-order valence-corrected chi connectivity index (χ1v) is 10.1. The van der Waals surface area contributed by atoms with Crippen LogP contribution in [0.3, 0.4) is 0 Å². The van der Waals surface area contributed by atoms with Gasteiger partial charge in [0.2, 0.25) is 0 Å². The summed E-state index contributed by atoms with van der Waals surface area (Å²) in [4.78, 5) is 26.7. The molecule has 7 heteroatoms. The Balaban J connectivity index is 2.46. The summed E-state index contributed by atoms with van der Waals surface area (Å²) in [6.07, 6.45) is -0.447. The average Bonchev–Trinajstić information content (AvgIpc) is 2.82. The van der Waals surface area contributed by atoms with Gasteiger partial charge in [0, 0.05) is 10.0 Å². The molecule has 5 nitrogen and oxygen atoms in total. The molecular formula is C19H26BrNO4S. The zero-order chi connectivity index (χ0) is 19.9. The number of aromatic nitrogens is 1. The Labute approximate surface area is 166 Å². The monoisotopic (exact) mass is 443 g/mol. The molecule has 0 fully saturated rings. The zero-order valence-corrected chi connectivity index (χ0v) is 18.7. The molecule has 0 saturated carbocycles. The minimum absolute atomic E-state index is 0.107. The number of nitrogens with one attached hydrogen (secondary N) is 1. The number of rotatable bonds is 4. The second-order valence-corrected chi connectivity index (χ2v) is 10.2. The maximum absolute atomic E-state index is 12.2. The van der Waals surface area contributed by atoms with Crippen molar-refractivity contribution < 1.29 is 14.3 Å². The van der Waals surface area contributed by atoms with Crippen molar-refractivity contribution in [1.29, 1.82) is 0 Å². The summed E-state index contributed by atoms with van der Waals surface area (Å²) in [5, 5.41) is 0. The Bertz CT molecular complexity index is 871. The smallest absolute Gasteiger partial charge is 0.311 e. The highest BCUT2D eigenvalue weighted by molar-refractivity contribution is 9.10. The minimum Gasteiger partial charge on any atom is -0.462 e. The van der Waals surface area contributed by atoms with Gasteiger partial charge in [-0.05, 0) is 76.0 Å². The minimum atomic E-state index is -0.581. The second kappa shape index (κ2) is 7.44. The first kappa shape index (κ1) is 21.1. The van der Waals surface area contributed by atoms with Gasteiger partial charge >= 0.3 is 10.8 Å². The molecule has 2 aromatic rings. The summed E-state index contributed by atoms with van der Waals surface area (Å²) in [5.41, 5.74) is 1.63. The number of hydrogen-bond donors (Lipinski definition) is 1. The van der Waals surface area contributed by atoms with Gasteiger partial charge in [0.25, 0.3) is 0 Å². The number of thiazole rings is 1. The van der Waals surface area contributed by atoms with E-state index in [-0.39, 0.29) is 17.4 Å². The Morgan fingerprint density at radius 2 is 1.88 bits per heavy atom. The largest absolute Gasteiger partial charge is 0.462 e. The third kappa shape index (κ3) is 4.96. The van der Waals surface area contributed by atoms with Crippen molar-refractivity contribution in [2.75, 3.05) is 6.61 Å². The lowest BCUT2D eigenvalue weighted by atomic mass is 9.97.